The van der Waals surface area contributed by atoms with E-state index in [4.69, 9.17) is 14.2 Å². The van der Waals surface area contributed by atoms with Crippen LogP contribution in [0.15, 0.2) is 30.6 Å². The summed E-state index contributed by atoms with van der Waals surface area (Å²) in [6, 6.07) is 5.27. The molecule has 1 fully saturated rings. The monoisotopic (exact) mass is 555 g/mol. The Kier molecular flexibility index (Phi) is 9.71. The minimum absolute atomic E-state index is 0. The molecule has 0 amide bonds. The van der Waals surface area contributed by atoms with Gasteiger partial charge in [0, 0.05) is 43.4 Å². The molecule has 12 heteroatoms. The van der Waals surface area contributed by atoms with Crippen molar-refractivity contribution in [2.24, 2.45) is 0 Å². The van der Waals surface area contributed by atoms with Gasteiger partial charge in [0.25, 0.3) is 0 Å². The minimum atomic E-state index is -0.952. The van der Waals surface area contributed by atoms with Gasteiger partial charge in [0.05, 0.1) is 41.8 Å². The lowest BCUT2D eigenvalue weighted by atomic mass is 9.88. The molecule has 5 rings (SSSR count). The number of likely N-dealkylation sites (tertiary alicyclic amines) is 1. The molecule has 3 aromatic heterocycles. The van der Waals surface area contributed by atoms with Gasteiger partial charge in [0.2, 0.25) is 5.88 Å². The van der Waals surface area contributed by atoms with Crippen LogP contribution in [-0.4, -0.2) is 76.6 Å². The Morgan fingerprint density at radius 3 is 2.73 bits per heavy atom. The number of pyridine rings is 3. The molecule has 2 aliphatic heterocycles. The SMILES string of the molecule is COc1ccc2ncc(F)c(CCN3CC[C@H](NCc4cc5c(cn4)OCCO5)[C@@](C)(O)C3)c2n1.Cl.Cl. The minimum Gasteiger partial charge on any atom is -0.486 e. The molecular formula is C25H32Cl2FN5O4. The Hall–Kier alpha value is -2.50. The zero-order chi connectivity index (χ0) is 24.4. The highest BCUT2D eigenvalue weighted by Gasteiger charge is 2.37. The van der Waals surface area contributed by atoms with Crippen molar-refractivity contribution in [1.82, 2.24) is 25.2 Å². The van der Waals surface area contributed by atoms with E-state index in [1.54, 1.807) is 18.3 Å². The zero-order valence-electron chi connectivity index (χ0n) is 20.8. The Morgan fingerprint density at radius 2 is 1.97 bits per heavy atom. The number of aromatic nitrogens is 3. The van der Waals surface area contributed by atoms with Crippen LogP contribution in [0.25, 0.3) is 11.0 Å². The predicted octanol–water partition coefficient (Wildman–Crippen LogP) is 2.94. The van der Waals surface area contributed by atoms with Gasteiger partial charge in [-0.15, -0.1) is 24.8 Å². The fourth-order valence-electron chi connectivity index (χ4n) is 4.79. The number of rotatable bonds is 7. The van der Waals surface area contributed by atoms with Crippen molar-refractivity contribution < 1.29 is 23.7 Å². The average molecular weight is 556 g/mol. The molecule has 202 valence electrons. The van der Waals surface area contributed by atoms with E-state index in [-0.39, 0.29) is 36.7 Å². The number of nitrogens with one attached hydrogen (secondary N) is 1. The van der Waals surface area contributed by atoms with Crippen LogP contribution >= 0.6 is 24.8 Å². The van der Waals surface area contributed by atoms with Gasteiger partial charge in [-0.2, -0.15) is 0 Å². The number of halogens is 3. The van der Waals surface area contributed by atoms with Crippen molar-refractivity contribution in [2.75, 3.05) is 40.0 Å². The predicted molar refractivity (Wildman–Crippen MR) is 142 cm³/mol. The highest BCUT2D eigenvalue weighted by Crippen LogP contribution is 2.30. The van der Waals surface area contributed by atoms with Gasteiger partial charge < -0.3 is 29.5 Å². The van der Waals surface area contributed by atoms with Crippen molar-refractivity contribution in [1.29, 1.82) is 0 Å². The molecule has 37 heavy (non-hydrogen) atoms. The maximum Gasteiger partial charge on any atom is 0.213 e. The zero-order valence-corrected chi connectivity index (χ0v) is 22.4. The highest BCUT2D eigenvalue weighted by molar-refractivity contribution is 5.85. The Balaban J connectivity index is 0.00000190. The molecule has 3 aromatic rings. The van der Waals surface area contributed by atoms with Crippen LogP contribution in [0.5, 0.6) is 17.4 Å². The van der Waals surface area contributed by atoms with Crippen LogP contribution in [0, 0.1) is 5.82 Å². The number of hydrogen-bond donors (Lipinski definition) is 2. The molecule has 2 aliphatic rings. The van der Waals surface area contributed by atoms with E-state index >= 15 is 0 Å². The largest absolute Gasteiger partial charge is 0.486 e. The lowest BCUT2D eigenvalue weighted by Crippen LogP contribution is -2.60. The van der Waals surface area contributed by atoms with Crippen LogP contribution < -0.4 is 19.5 Å². The Morgan fingerprint density at radius 1 is 1.19 bits per heavy atom. The number of piperidine rings is 1. The number of β-amino-alcohol motifs (C(OH)–C–C–N with tert-alkyl or cyclic N) is 1. The summed E-state index contributed by atoms with van der Waals surface area (Å²) in [4.78, 5) is 15.1. The lowest BCUT2D eigenvalue weighted by molar-refractivity contribution is -0.0434. The quantitative estimate of drug-likeness (QED) is 0.455. The maximum atomic E-state index is 14.6. The second-order valence-electron chi connectivity index (χ2n) is 9.23. The molecule has 2 N–H and O–H groups in total. The fourth-order valence-corrected chi connectivity index (χ4v) is 4.79. The van der Waals surface area contributed by atoms with Crippen molar-refractivity contribution in [3.63, 3.8) is 0 Å². The average Bonchev–Trinajstić information content (AvgIpc) is 2.86. The molecule has 0 bridgehead atoms. The van der Waals surface area contributed by atoms with Gasteiger partial charge in [-0.1, -0.05) is 0 Å². The van der Waals surface area contributed by atoms with E-state index in [1.807, 2.05) is 13.0 Å². The van der Waals surface area contributed by atoms with E-state index in [9.17, 15) is 9.50 Å². The van der Waals surface area contributed by atoms with Crippen LogP contribution in [0.1, 0.15) is 24.6 Å². The van der Waals surface area contributed by atoms with Crippen LogP contribution in [0.3, 0.4) is 0 Å². The summed E-state index contributed by atoms with van der Waals surface area (Å²) < 4.78 is 31.0. The molecule has 0 unspecified atom stereocenters. The van der Waals surface area contributed by atoms with Gasteiger partial charge in [0.15, 0.2) is 11.5 Å². The van der Waals surface area contributed by atoms with E-state index in [0.717, 1.165) is 18.7 Å². The van der Waals surface area contributed by atoms with Gasteiger partial charge in [-0.3, -0.25) is 9.97 Å². The summed E-state index contributed by atoms with van der Waals surface area (Å²) in [5.74, 6) is 1.40. The smallest absolute Gasteiger partial charge is 0.213 e. The molecule has 0 spiro atoms. The van der Waals surface area contributed by atoms with Crippen molar-refractivity contribution >= 4 is 35.8 Å². The third kappa shape index (κ3) is 6.50. The van der Waals surface area contributed by atoms with Gasteiger partial charge in [-0.25, -0.2) is 9.37 Å². The lowest BCUT2D eigenvalue weighted by Gasteiger charge is -2.43. The topological polar surface area (TPSA) is 102 Å². The van der Waals surface area contributed by atoms with Crippen LogP contribution in [0.2, 0.25) is 0 Å². The standard InChI is InChI=1S/C25H30FN5O4.2ClH/c1-25(32)15-31(7-5-17-18(26)13-28-19-3-4-23(33-2)30-24(17)19)8-6-22(25)29-12-16-11-20-21(14-27-16)35-10-9-34-20;;/h3-4,11,13-14,22,29,32H,5-10,12,15H2,1-2H3;2*1H/t22-,25-;;/m0../s1. The second kappa shape index (κ2) is 12.4. The summed E-state index contributed by atoms with van der Waals surface area (Å²) >= 11 is 0. The molecular weight excluding hydrogens is 524 g/mol. The van der Waals surface area contributed by atoms with E-state index in [1.165, 1.54) is 13.3 Å². The fraction of sp³-hybridized carbons (Fsp3) is 0.480. The number of ether oxygens (including phenoxy) is 3. The number of fused-ring (bicyclic) bond motifs is 2. The Labute approximate surface area is 227 Å². The summed E-state index contributed by atoms with van der Waals surface area (Å²) in [5, 5.41) is 14.6. The van der Waals surface area contributed by atoms with E-state index < -0.39 is 5.60 Å². The van der Waals surface area contributed by atoms with Crippen molar-refractivity contribution in [3.8, 4) is 17.4 Å². The van der Waals surface area contributed by atoms with Crippen molar-refractivity contribution in [2.45, 2.75) is 38.0 Å². The van der Waals surface area contributed by atoms with Gasteiger partial charge >= 0.3 is 0 Å². The molecule has 0 saturated carbocycles. The molecule has 5 heterocycles. The summed E-state index contributed by atoms with van der Waals surface area (Å²) in [6.45, 7) is 5.26. The first-order valence-electron chi connectivity index (χ1n) is 11.8. The van der Waals surface area contributed by atoms with Crippen molar-refractivity contribution in [3.05, 3.63) is 47.7 Å². The second-order valence-corrected chi connectivity index (χ2v) is 9.23. The van der Waals surface area contributed by atoms with Gasteiger partial charge in [-0.05, 0) is 32.4 Å². The molecule has 0 radical (unpaired) electrons. The number of methoxy groups -OCH3 is 1. The van der Waals surface area contributed by atoms with E-state index in [2.05, 4.69) is 25.2 Å². The van der Waals surface area contributed by atoms with Crippen LogP contribution in [-0.2, 0) is 13.0 Å². The van der Waals surface area contributed by atoms with Crippen LogP contribution in [0.4, 0.5) is 4.39 Å². The normalized spacial score (nSPS) is 21.1. The molecule has 0 aliphatic carbocycles. The number of aliphatic hydroxyl groups is 1. The molecule has 9 nitrogen and oxygen atoms in total. The Bertz CT molecular complexity index is 1220. The molecule has 0 aromatic carbocycles. The number of nitrogens with zero attached hydrogens (tertiary/aromatic N) is 4. The van der Waals surface area contributed by atoms with E-state index in [0.29, 0.717) is 73.2 Å². The van der Waals surface area contributed by atoms with Gasteiger partial charge in [0.1, 0.15) is 19.0 Å². The maximum absolute atomic E-state index is 14.6. The summed E-state index contributed by atoms with van der Waals surface area (Å²) in [6.07, 6.45) is 4.13. The molecule has 1 saturated heterocycles. The third-order valence-corrected chi connectivity index (χ3v) is 6.67. The first-order chi connectivity index (χ1) is 16.9. The third-order valence-electron chi connectivity index (χ3n) is 6.67. The highest BCUT2D eigenvalue weighted by atomic mass is 35.5. The summed E-state index contributed by atoms with van der Waals surface area (Å²) in [5.41, 5.74) is 1.53. The summed E-state index contributed by atoms with van der Waals surface area (Å²) in [7, 11) is 1.53. The first kappa shape index (κ1) is 29.1. The first-order valence-corrected chi connectivity index (χ1v) is 11.8. The molecule has 2 atom stereocenters. The number of hydrogen-bond acceptors (Lipinski definition) is 9.